The van der Waals surface area contributed by atoms with Crippen molar-refractivity contribution in [3.05, 3.63) is 35.4 Å². The Morgan fingerprint density at radius 3 is 2.86 bits per heavy atom. The van der Waals surface area contributed by atoms with Gasteiger partial charge in [-0.15, -0.1) is 0 Å². The molecule has 1 aromatic rings. The second-order valence-corrected chi connectivity index (χ2v) is 5.38. The molecule has 21 heavy (non-hydrogen) atoms. The Labute approximate surface area is 122 Å². The summed E-state index contributed by atoms with van der Waals surface area (Å²) >= 11 is 0. The van der Waals surface area contributed by atoms with Gasteiger partial charge in [-0.1, -0.05) is 24.3 Å². The summed E-state index contributed by atoms with van der Waals surface area (Å²) < 4.78 is 26.4. The van der Waals surface area contributed by atoms with Crippen LogP contribution in [0.5, 0.6) is 0 Å². The summed E-state index contributed by atoms with van der Waals surface area (Å²) in [5, 5.41) is 11.5. The van der Waals surface area contributed by atoms with Gasteiger partial charge in [0.05, 0.1) is 6.54 Å². The minimum atomic E-state index is -3.14. The van der Waals surface area contributed by atoms with Crippen molar-refractivity contribution >= 4 is 5.91 Å². The average Bonchev–Trinajstić information content (AvgIpc) is 2.65. The van der Waals surface area contributed by atoms with E-state index in [0.29, 0.717) is 19.5 Å². The third-order valence-corrected chi connectivity index (χ3v) is 3.76. The summed E-state index contributed by atoms with van der Waals surface area (Å²) in [6.07, 6.45) is 0.568. The van der Waals surface area contributed by atoms with Crippen molar-refractivity contribution in [3.63, 3.8) is 0 Å². The first-order chi connectivity index (χ1) is 9.93. The van der Waals surface area contributed by atoms with Gasteiger partial charge in [0, 0.05) is 26.1 Å². The van der Waals surface area contributed by atoms with Crippen LogP contribution in [0.3, 0.4) is 0 Å². The summed E-state index contributed by atoms with van der Waals surface area (Å²) in [6.45, 7) is 0.777. The maximum atomic E-state index is 13.2. The molecule has 116 valence electrons. The number of hydrogen-bond donors (Lipinski definition) is 2. The highest BCUT2D eigenvalue weighted by Crippen LogP contribution is 2.27. The number of aliphatic hydroxyl groups is 1. The molecule has 0 bridgehead atoms. The zero-order chi connectivity index (χ0) is 15.5. The molecule has 6 heteroatoms. The highest BCUT2D eigenvalue weighted by Gasteiger charge is 2.30. The number of hydrogen-bond acceptors (Lipinski definition) is 3. The molecule has 1 aromatic carbocycles. The van der Waals surface area contributed by atoms with E-state index in [1.165, 1.54) is 6.92 Å². The van der Waals surface area contributed by atoms with Crippen LogP contribution in [0.25, 0.3) is 0 Å². The lowest BCUT2D eigenvalue weighted by molar-refractivity contribution is -0.129. The highest BCUT2D eigenvalue weighted by molar-refractivity contribution is 5.73. The average molecular weight is 298 g/mol. The van der Waals surface area contributed by atoms with Crippen molar-refractivity contribution < 1.29 is 18.7 Å². The number of carbonyl (C=O) groups excluding carboxylic acids is 1. The summed E-state index contributed by atoms with van der Waals surface area (Å²) in [4.78, 5) is 13.3. The van der Waals surface area contributed by atoms with Gasteiger partial charge in [-0.25, -0.2) is 8.78 Å². The van der Waals surface area contributed by atoms with Gasteiger partial charge < -0.3 is 15.3 Å². The van der Waals surface area contributed by atoms with Gasteiger partial charge >= 0.3 is 0 Å². The van der Waals surface area contributed by atoms with Gasteiger partial charge in [-0.2, -0.15) is 0 Å². The van der Waals surface area contributed by atoms with E-state index in [4.69, 9.17) is 5.11 Å². The Bertz CT molecular complexity index is 508. The summed E-state index contributed by atoms with van der Waals surface area (Å²) in [5.41, 5.74) is 1.91. The van der Waals surface area contributed by atoms with Crippen LogP contribution < -0.4 is 5.32 Å². The molecule has 1 atom stereocenters. The first-order valence-corrected chi connectivity index (χ1v) is 6.98. The number of fused-ring (bicyclic) bond motifs is 1. The molecule has 0 radical (unpaired) electrons. The van der Waals surface area contributed by atoms with Crippen molar-refractivity contribution in [1.29, 1.82) is 0 Å². The fourth-order valence-electron chi connectivity index (χ4n) is 2.55. The van der Waals surface area contributed by atoms with Crippen LogP contribution in [-0.4, -0.2) is 41.5 Å². The van der Waals surface area contributed by atoms with E-state index in [2.05, 4.69) is 5.32 Å². The summed E-state index contributed by atoms with van der Waals surface area (Å²) in [6, 6.07) is 7.30. The molecule has 0 aliphatic carbocycles. The number of rotatable bonds is 4. The quantitative estimate of drug-likeness (QED) is 0.889. The molecule has 2 N–H and O–H groups in total. The Balaban J connectivity index is 2.17. The Hall–Kier alpha value is -1.53. The van der Waals surface area contributed by atoms with Gasteiger partial charge in [0.1, 0.15) is 6.61 Å². The fraction of sp³-hybridized carbons (Fsp3) is 0.533. The molecular formula is C15H20F2N2O2. The van der Waals surface area contributed by atoms with Crippen molar-refractivity contribution in [2.75, 3.05) is 19.7 Å². The van der Waals surface area contributed by atoms with Crippen molar-refractivity contribution in [3.8, 4) is 0 Å². The van der Waals surface area contributed by atoms with Gasteiger partial charge in [0.15, 0.2) is 0 Å². The van der Waals surface area contributed by atoms with Gasteiger partial charge in [0.25, 0.3) is 5.92 Å². The first-order valence-electron chi connectivity index (χ1n) is 6.98. The van der Waals surface area contributed by atoms with Crippen LogP contribution in [0, 0.1) is 0 Å². The molecule has 0 saturated carbocycles. The fourth-order valence-corrected chi connectivity index (χ4v) is 2.55. The number of amides is 1. The van der Waals surface area contributed by atoms with Crippen LogP contribution in [0.4, 0.5) is 8.78 Å². The van der Waals surface area contributed by atoms with E-state index >= 15 is 0 Å². The zero-order valence-corrected chi connectivity index (χ0v) is 12.0. The predicted octanol–water partition coefficient (Wildman–Crippen LogP) is 1.70. The number of nitrogens with zero attached hydrogens (tertiary/aromatic N) is 1. The topological polar surface area (TPSA) is 52.6 Å². The van der Waals surface area contributed by atoms with E-state index in [0.717, 1.165) is 11.1 Å². The number of nitrogens with one attached hydrogen (secondary N) is 1. The van der Waals surface area contributed by atoms with Crippen LogP contribution in [0.1, 0.15) is 30.5 Å². The first kappa shape index (κ1) is 15.9. The molecule has 1 amide bonds. The maximum Gasteiger partial charge on any atom is 0.282 e. The third-order valence-electron chi connectivity index (χ3n) is 3.76. The van der Waals surface area contributed by atoms with Crippen molar-refractivity contribution in [2.45, 2.75) is 31.9 Å². The van der Waals surface area contributed by atoms with E-state index in [1.807, 2.05) is 24.3 Å². The van der Waals surface area contributed by atoms with Crippen LogP contribution in [0.2, 0.25) is 0 Å². The largest absolute Gasteiger partial charge is 0.390 e. The second kappa shape index (κ2) is 6.49. The van der Waals surface area contributed by atoms with E-state index < -0.39 is 19.1 Å². The van der Waals surface area contributed by atoms with Gasteiger partial charge in [-0.3, -0.25) is 4.79 Å². The molecule has 2 rings (SSSR count). The monoisotopic (exact) mass is 298 g/mol. The van der Waals surface area contributed by atoms with Gasteiger partial charge in [-0.05, 0) is 17.5 Å². The second-order valence-electron chi connectivity index (χ2n) is 5.38. The Morgan fingerprint density at radius 1 is 1.48 bits per heavy atom. The molecule has 0 spiro atoms. The van der Waals surface area contributed by atoms with Crippen molar-refractivity contribution in [2.24, 2.45) is 0 Å². The van der Waals surface area contributed by atoms with Crippen LogP contribution in [-0.2, 0) is 11.3 Å². The van der Waals surface area contributed by atoms with E-state index in [9.17, 15) is 13.6 Å². The van der Waals surface area contributed by atoms with Crippen LogP contribution >= 0.6 is 0 Å². The molecule has 1 aliphatic rings. The normalized spacial score (nSPS) is 19.0. The Morgan fingerprint density at radius 2 is 2.19 bits per heavy atom. The standard InChI is InChI=1S/C15H20F2N2O2/c1-11(21)19-7-6-14(18-9-15(16,17)10-20)13-5-3-2-4-12(13)8-19/h2-5,14,18,20H,6-10H2,1H3. The number of halogens is 2. The highest BCUT2D eigenvalue weighted by atomic mass is 19.3. The minimum Gasteiger partial charge on any atom is -0.390 e. The molecule has 1 aliphatic heterocycles. The number of alkyl halides is 2. The molecule has 1 unspecified atom stereocenters. The van der Waals surface area contributed by atoms with Crippen LogP contribution in [0.15, 0.2) is 24.3 Å². The van der Waals surface area contributed by atoms with E-state index in [-0.39, 0.29) is 11.9 Å². The smallest absolute Gasteiger partial charge is 0.282 e. The summed E-state index contributed by atoms with van der Waals surface area (Å²) in [7, 11) is 0. The summed E-state index contributed by atoms with van der Waals surface area (Å²) in [5.74, 6) is -3.16. The lowest BCUT2D eigenvalue weighted by Gasteiger charge is -2.22. The molecule has 0 aromatic heterocycles. The molecular weight excluding hydrogens is 278 g/mol. The maximum absolute atomic E-state index is 13.2. The lowest BCUT2D eigenvalue weighted by atomic mass is 9.99. The number of benzene rings is 1. The SMILES string of the molecule is CC(=O)N1CCC(NCC(F)(F)CO)c2ccccc2C1. The lowest BCUT2D eigenvalue weighted by Crippen LogP contribution is -2.38. The molecule has 1 heterocycles. The number of aliphatic hydroxyl groups excluding tert-OH is 1. The number of carbonyl (C=O) groups is 1. The minimum absolute atomic E-state index is 0.0221. The molecule has 0 fully saturated rings. The predicted molar refractivity (Wildman–Crippen MR) is 74.9 cm³/mol. The van der Waals surface area contributed by atoms with Gasteiger partial charge in [0.2, 0.25) is 5.91 Å². The van der Waals surface area contributed by atoms with E-state index in [1.54, 1.807) is 4.90 Å². The third kappa shape index (κ3) is 3.98. The molecule has 4 nitrogen and oxygen atoms in total. The van der Waals surface area contributed by atoms with Crippen molar-refractivity contribution in [1.82, 2.24) is 10.2 Å². The molecule has 0 saturated heterocycles. The Kier molecular flexibility index (Phi) is 4.90. The zero-order valence-electron chi connectivity index (χ0n) is 12.0.